The molecule has 1 heterocycles. The molecule has 0 aromatic carbocycles. The third-order valence-corrected chi connectivity index (χ3v) is 3.13. The van der Waals surface area contributed by atoms with Crippen molar-refractivity contribution in [2.45, 2.75) is 26.2 Å². The van der Waals surface area contributed by atoms with Gasteiger partial charge < -0.3 is 14.5 Å². The van der Waals surface area contributed by atoms with Crippen LogP contribution in [0.3, 0.4) is 0 Å². The zero-order valence-electron chi connectivity index (χ0n) is 10.9. The van der Waals surface area contributed by atoms with Gasteiger partial charge in [0, 0.05) is 26.7 Å². The van der Waals surface area contributed by atoms with Gasteiger partial charge in [0.25, 0.3) is 0 Å². The molecule has 1 saturated heterocycles. The number of likely N-dealkylation sites (tertiary alicyclic amines) is 1. The minimum atomic E-state index is -0.281. The molecule has 0 bridgehead atoms. The molecule has 5 nitrogen and oxygen atoms in total. The van der Waals surface area contributed by atoms with Crippen LogP contribution in [-0.2, 0) is 9.53 Å². The first-order chi connectivity index (χ1) is 8.04. The maximum absolute atomic E-state index is 12.0. The molecule has 0 radical (unpaired) electrons. The summed E-state index contributed by atoms with van der Waals surface area (Å²) in [5.74, 6) is 0.290. The van der Waals surface area contributed by atoms with Gasteiger partial charge in [-0.05, 0) is 18.8 Å². The van der Waals surface area contributed by atoms with Crippen LogP contribution in [-0.4, -0.2) is 55.6 Å². The summed E-state index contributed by atoms with van der Waals surface area (Å²) in [6.45, 7) is 4.22. The summed E-state index contributed by atoms with van der Waals surface area (Å²) in [4.78, 5) is 26.5. The van der Waals surface area contributed by atoms with E-state index in [1.54, 1.807) is 11.9 Å². The van der Waals surface area contributed by atoms with Crippen LogP contribution in [0.5, 0.6) is 0 Å². The fourth-order valence-corrected chi connectivity index (χ4v) is 2.06. The van der Waals surface area contributed by atoms with Gasteiger partial charge in [-0.3, -0.25) is 4.79 Å². The third kappa shape index (κ3) is 4.24. The quantitative estimate of drug-likeness (QED) is 0.702. The second kappa shape index (κ2) is 6.47. The lowest BCUT2D eigenvalue weighted by Gasteiger charge is -2.33. The van der Waals surface area contributed by atoms with Crippen LogP contribution in [0.2, 0.25) is 0 Å². The largest absolute Gasteiger partial charge is 0.469 e. The van der Waals surface area contributed by atoms with E-state index in [9.17, 15) is 9.59 Å². The van der Waals surface area contributed by atoms with Gasteiger partial charge in [0.1, 0.15) is 0 Å². The topological polar surface area (TPSA) is 49.9 Å². The van der Waals surface area contributed by atoms with E-state index in [0.717, 1.165) is 19.5 Å². The highest BCUT2D eigenvalue weighted by atomic mass is 16.5. The van der Waals surface area contributed by atoms with Crippen molar-refractivity contribution in [1.29, 1.82) is 0 Å². The van der Waals surface area contributed by atoms with Crippen molar-refractivity contribution < 1.29 is 14.3 Å². The van der Waals surface area contributed by atoms with Gasteiger partial charge >= 0.3 is 12.0 Å². The molecule has 1 aliphatic heterocycles. The summed E-state index contributed by atoms with van der Waals surface area (Å²) >= 11 is 0. The third-order valence-electron chi connectivity index (χ3n) is 3.13. The van der Waals surface area contributed by atoms with Crippen LogP contribution in [0.4, 0.5) is 4.79 Å². The summed E-state index contributed by atoms with van der Waals surface area (Å²) in [5, 5.41) is 0. The molecule has 2 amide bonds. The van der Waals surface area contributed by atoms with E-state index in [1.807, 2.05) is 4.90 Å². The summed E-state index contributed by atoms with van der Waals surface area (Å²) in [5.41, 5.74) is 0. The van der Waals surface area contributed by atoms with Crippen LogP contribution in [0, 0.1) is 5.92 Å². The molecule has 0 saturated carbocycles. The van der Waals surface area contributed by atoms with Crippen LogP contribution >= 0.6 is 0 Å². The number of rotatable bonds is 3. The second-order valence-electron chi connectivity index (χ2n) is 4.72. The van der Waals surface area contributed by atoms with Gasteiger partial charge in [-0.2, -0.15) is 0 Å². The molecule has 5 heteroatoms. The Morgan fingerprint density at radius 2 is 2.18 bits per heavy atom. The Morgan fingerprint density at radius 1 is 1.47 bits per heavy atom. The molecule has 1 fully saturated rings. The number of piperidine rings is 1. The molecule has 1 rings (SSSR count). The molecule has 0 spiro atoms. The Labute approximate surface area is 103 Å². The molecule has 0 aromatic rings. The van der Waals surface area contributed by atoms with Gasteiger partial charge in [0.2, 0.25) is 0 Å². The first kappa shape index (κ1) is 13.8. The zero-order valence-corrected chi connectivity index (χ0v) is 10.9. The molecule has 0 N–H and O–H groups in total. The Kier molecular flexibility index (Phi) is 5.25. The number of urea groups is 1. The Morgan fingerprint density at radius 3 is 2.76 bits per heavy atom. The molecule has 0 aliphatic carbocycles. The lowest BCUT2D eigenvalue weighted by Crippen LogP contribution is -2.46. The van der Waals surface area contributed by atoms with Gasteiger partial charge in [-0.1, -0.05) is 6.92 Å². The predicted molar refractivity (Wildman–Crippen MR) is 64.6 cm³/mol. The predicted octanol–water partition coefficient (Wildman–Crippen LogP) is 1.33. The fraction of sp³-hybridized carbons (Fsp3) is 0.833. The molecule has 1 aliphatic rings. The number of ether oxygens (including phenoxy) is 1. The maximum Gasteiger partial charge on any atom is 0.319 e. The Balaban J connectivity index is 2.37. The van der Waals surface area contributed by atoms with Gasteiger partial charge in [0.05, 0.1) is 13.5 Å². The average molecular weight is 242 g/mol. The highest BCUT2D eigenvalue weighted by Crippen LogP contribution is 2.16. The van der Waals surface area contributed by atoms with Crippen LogP contribution in [0.15, 0.2) is 0 Å². The van der Waals surface area contributed by atoms with Crippen molar-refractivity contribution >= 4 is 12.0 Å². The normalized spacial score (nSPS) is 19.9. The fourth-order valence-electron chi connectivity index (χ4n) is 2.06. The molecule has 1 unspecified atom stereocenters. The molecular weight excluding hydrogens is 220 g/mol. The van der Waals surface area contributed by atoms with E-state index >= 15 is 0 Å². The zero-order chi connectivity index (χ0) is 12.8. The van der Waals surface area contributed by atoms with Gasteiger partial charge in [-0.25, -0.2) is 4.79 Å². The summed E-state index contributed by atoms with van der Waals surface area (Å²) in [7, 11) is 3.08. The van der Waals surface area contributed by atoms with Crippen molar-refractivity contribution in [1.82, 2.24) is 9.80 Å². The lowest BCUT2D eigenvalue weighted by atomic mass is 10.0. The molecule has 17 heavy (non-hydrogen) atoms. The number of esters is 1. The molecule has 0 aromatic heterocycles. The van der Waals surface area contributed by atoms with Crippen molar-refractivity contribution in [2.24, 2.45) is 5.92 Å². The van der Waals surface area contributed by atoms with Crippen molar-refractivity contribution in [3.8, 4) is 0 Å². The minimum absolute atomic E-state index is 0.0143. The smallest absolute Gasteiger partial charge is 0.319 e. The average Bonchev–Trinajstić information content (AvgIpc) is 2.34. The van der Waals surface area contributed by atoms with Crippen LogP contribution in [0.1, 0.15) is 26.2 Å². The Bertz CT molecular complexity index is 281. The first-order valence-electron chi connectivity index (χ1n) is 6.11. The highest BCUT2D eigenvalue weighted by molar-refractivity contribution is 5.75. The summed E-state index contributed by atoms with van der Waals surface area (Å²) in [6.07, 6.45) is 2.51. The van der Waals surface area contributed by atoms with E-state index in [2.05, 4.69) is 11.7 Å². The van der Waals surface area contributed by atoms with Crippen molar-refractivity contribution in [2.75, 3.05) is 33.8 Å². The SMILES string of the molecule is COC(=O)CCN(C)C(=O)N1CCCC(C)C1. The summed E-state index contributed by atoms with van der Waals surface area (Å²) in [6, 6.07) is 0.0143. The number of carbonyl (C=O) groups excluding carboxylic acids is 2. The number of carbonyl (C=O) groups is 2. The van der Waals surface area contributed by atoms with E-state index < -0.39 is 0 Å². The minimum Gasteiger partial charge on any atom is -0.469 e. The second-order valence-corrected chi connectivity index (χ2v) is 4.72. The summed E-state index contributed by atoms with van der Waals surface area (Å²) < 4.78 is 4.55. The lowest BCUT2D eigenvalue weighted by molar-refractivity contribution is -0.140. The van der Waals surface area contributed by atoms with E-state index in [4.69, 9.17) is 0 Å². The van der Waals surface area contributed by atoms with E-state index in [1.165, 1.54) is 13.5 Å². The number of nitrogens with zero attached hydrogens (tertiary/aromatic N) is 2. The standard InChI is InChI=1S/C12H22N2O3/c1-10-5-4-7-14(9-10)12(16)13(2)8-6-11(15)17-3/h10H,4-9H2,1-3H3. The van der Waals surface area contributed by atoms with Crippen molar-refractivity contribution in [3.63, 3.8) is 0 Å². The highest BCUT2D eigenvalue weighted by Gasteiger charge is 2.23. The first-order valence-corrected chi connectivity index (χ1v) is 6.11. The number of amides is 2. The molecule has 1 atom stereocenters. The molecule has 98 valence electrons. The van der Waals surface area contributed by atoms with E-state index in [0.29, 0.717) is 12.5 Å². The van der Waals surface area contributed by atoms with E-state index in [-0.39, 0.29) is 18.4 Å². The number of hydrogen-bond acceptors (Lipinski definition) is 3. The monoisotopic (exact) mass is 242 g/mol. The van der Waals surface area contributed by atoms with Crippen molar-refractivity contribution in [3.05, 3.63) is 0 Å². The number of methoxy groups -OCH3 is 1. The maximum atomic E-state index is 12.0. The molecular formula is C12H22N2O3. The van der Waals surface area contributed by atoms with Crippen LogP contribution in [0.25, 0.3) is 0 Å². The Hall–Kier alpha value is -1.26. The van der Waals surface area contributed by atoms with Crippen LogP contribution < -0.4 is 0 Å². The number of hydrogen-bond donors (Lipinski definition) is 0. The van der Waals surface area contributed by atoms with Gasteiger partial charge in [0.15, 0.2) is 0 Å². The van der Waals surface area contributed by atoms with Gasteiger partial charge in [-0.15, -0.1) is 0 Å².